The molecule has 0 aromatic rings. The van der Waals surface area contributed by atoms with Gasteiger partial charge in [-0.25, -0.2) is 9.83 Å². The lowest BCUT2D eigenvalue weighted by molar-refractivity contribution is -0.132. The van der Waals surface area contributed by atoms with E-state index >= 15 is 0 Å². The van der Waals surface area contributed by atoms with E-state index in [4.69, 9.17) is 4.74 Å². The van der Waals surface area contributed by atoms with E-state index in [-0.39, 0.29) is 5.23 Å². The quantitative estimate of drug-likeness (QED) is 0.450. The van der Waals surface area contributed by atoms with Gasteiger partial charge in [-0.1, -0.05) is 4.53 Å². The van der Waals surface area contributed by atoms with Gasteiger partial charge in [0.2, 0.25) is 0 Å². The Labute approximate surface area is 72.1 Å². The molecule has 0 fully saturated rings. The van der Waals surface area contributed by atoms with Crippen LogP contribution in [0.1, 0.15) is 6.92 Å². The maximum atomic E-state index is 10.5. The lowest BCUT2D eigenvalue weighted by atomic mass is 10.8. The van der Waals surface area contributed by atoms with E-state index in [1.807, 2.05) is 0 Å². The maximum absolute atomic E-state index is 10.5. The van der Waals surface area contributed by atoms with E-state index in [1.54, 1.807) is 5.41 Å². The molecule has 1 rings (SSSR count). The van der Waals surface area contributed by atoms with Crippen LogP contribution < -0.4 is 0 Å². The van der Waals surface area contributed by atoms with Crippen molar-refractivity contribution in [3.63, 3.8) is 0 Å². The predicted octanol–water partition coefficient (Wildman–Crippen LogP) is 0.754. The highest BCUT2D eigenvalue weighted by Gasteiger charge is 2.12. The summed E-state index contributed by atoms with van der Waals surface area (Å²) in [6.45, 7) is 1.31. The molecule has 12 heavy (non-hydrogen) atoms. The molecule has 0 amide bonds. The van der Waals surface area contributed by atoms with Gasteiger partial charge in [0.05, 0.1) is 7.11 Å². The topological polar surface area (TPSA) is 60.3 Å². The number of nitrogens with zero attached hydrogens (tertiary/aromatic N) is 2. The van der Waals surface area contributed by atoms with Crippen molar-refractivity contribution in [2.45, 2.75) is 6.92 Å². The fourth-order valence-corrected chi connectivity index (χ4v) is 1.53. The third-order valence-corrected chi connectivity index (χ3v) is 2.17. The van der Waals surface area contributed by atoms with E-state index in [2.05, 4.69) is 14.4 Å². The molecule has 0 aliphatic carbocycles. The first-order valence-corrected chi connectivity index (χ1v) is 4.39. The van der Waals surface area contributed by atoms with Crippen LogP contribution in [-0.2, 0) is 25.1 Å². The van der Waals surface area contributed by atoms with Gasteiger partial charge in [-0.15, -0.1) is 0 Å². The van der Waals surface area contributed by atoms with Crippen LogP contribution in [0.2, 0.25) is 0 Å². The highest BCUT2D eigenvalue weighted by atomic mass is 32.2. The Morgan fingerprint density at radius 1 is 1.75 bits per heavy atom. The summed E-state index contributed by atoms with van der Waals surface area (Å²) in [5.41, 5.74) is 0. The van der Waals surface area contributed by atoms with E-state index in [0.29, 0.717) is 0 Å². The monoisotopic (exact) mass is 188 g/mol. The zero-order chi connectivity index (χ0) is 8.97. The van der Waals surface area contributed by atoms with E-state index in [1.165, 1.54) is 20.2 Å². The van der Waals surface area contributed by atoms with Gasteiger partial charge < -0.3 is 4.74 Å². The Morgan fingerprint density at radius 2 is 2.50 bits per heavy atom. The summed E-state index contributed by atoms with van der Waals surface area (Å²) < 4.78 is 8.45. The molecular formula is C6H8N2O3S. The average Bonchev–Trinajstić information content (AvgIpc) is 2.37. The van der Waals surface area contributed by atoms with Crippen LogP contribution in [0.25, 0.3) is 0 Å². The molecule has 6 heteroatoms. The molecule has 0 aromatic heterocycles. The van der Waals surface area contributed by atoms with Gasteiger partial charge in [0.15, 0.2) is 0 Å². The van der Waals surface area contributed by atoms with E-state index in [0.717, 1.165) is 0 Å². The fraction of sp³-hybridized carbons (Fsp3) is 0.333. The van der Waals surface area contributed by atoms with E-state index < -0.39 is 16.7 Å². The number of esters is 1. The Morgan fingerprint density at radius 3 is 3.08 bits per heavy atom. The van der Waals surface area contributed by atoms with Crippen molar-refractivity contribution in [1.29, 1.82) is 0 Å². The first-order valence-electron chi connectivity index (χ1n) is 3.14. The minimum absolute atomic E-state index is 0.282. The highest BCUT2D eigenvalue weighted by Crippen LogP contribution is 2.06. The SMILES string of the molecule is CON=S1C=CN=C1OC(C)=O. The number of ether oxygens (including phenoxy) is 1. The average molecular weight is 188 g/mol. The highest BCUT2D eigenvalue weighted by molar-refractivity contribution is 8.05. The lowest BCUT2D eigenvalue weighted by Gasteiger charge is -1.99. The Hall–Kier alpha value is -1.01. The van der Waals surface area contributed by atoms with Crippen LogP contribution in [0.15, 0.2) is 21.1 Å². The van der Waals surface area contributed by atoms with Crippen molar-refractivity contribution in [1.82, 2.24) is 0 Å². The number of carbonyl (C=O) groups excluding carboxylic acids is 1. The molecule has 1 heterocycles. The molecule has 0 spiro atoms. The second-order valence-electron chi connectivity index (χ2n) is 1.85. The zero-order valence-corrected chi connectivity index (χ0v) is 7.50. The van der Waals surface area contributed by atoms with Crippen molar-refractivity contribution in [2.75, 3.05) is 7.11 Å². The Balaban J connectivity index is 2.68. The third kappa shape index (κ3) is 2.24. The van der Waals surface area contributed by atoms with Gasteiger partial charge in [0.25, 0.3) is 5.23 Å². The van der Waals surface area contributed by atoms with Crippen molar-refractivity contribution < 1.29 is 14.4 Å². The minimum Gasteiger partial charge on any atom is -0.400 e. The molecule has 0 bridgehead atoms. The van der Waals surface area contributed by atoms with Gasteiger partial charge in [-0.05, 0) is 0 Å². The van der Waals surface area contributed by atoms with Gasteiger partial charge in [-0.2, -0.15) is 0 Å². The van der Waals surface area contributed by atoms with Crippen molar-refractivity contribution in [3.8, 4) is 0 Å². The Kier molecular flexibility index (Phi) is 3.12. The summed E-state index contributed by atoms with van der Waals surface area (Å²) >= 11 is 0. The van der Waals surface area contributed by atoms with Crippen molar-refractivity contribution in [2.24, 2.45) is 9.52 Å². The fourth-order valence-electron chi connectivity index (χ4n) is 0.590. The number of aliphatic imine (C=N–C) groups is 1. The molecule has 0 N–H and O–H groups in total. The second kappa shape index (κ2) is 4.13. The molecule has 1 atom stereocenters. The van der Waals surface area contributed by atoms with E-state index in [9.17, 15) is 4.79 Å². The normalized spacial score (nSPS) is 21.2. The standard InChI is InChI=1S/C6H8N2O3S/c1-5(9)11-6-7-3-4-12(6)8-10-2/h3-4H,1-2H3. The molecule has 1 aliphatic heterocycles. The molecule has 0 aromatic carbocycles. The summed E-state index contributed by atoms with van der Waals surface area (Å²) in [6.07, 6.45) is 1.53. The summed E-state index contributed by atoms with van der Waals surface area (Å²) in [6, 6.07) is 0. The first kappa shape index (κ1) is 9.08. The second-order valence-corrected chi connectivity index (χ2v) is 3.25. The number of rotatable bonds is 1. The molecule has 5 nitrogen and oxygen atoms in total. The van der Waals surface area contributed by atoms with Crippen LogP contribution in [0.4, 0.5) is 0 Å². The smallest absolute Gasteiger partial charge is 0.309 e. The molecule has 0 saturated carbocycles. The first-order chi connectivity index (χ1) is 5.74. The van der Waals surface area contributed by atoms with Gasteiger partial charge in [0, 0.05) is 29.2 Å². The molecule has 0 radical (unpaired) electrons. The number of carbonyl (C=O) groups is 1. The number of hydrogen-bond donors (Lipinski definition) is 0. The van der Waals surface area contributed by atoms with Crippen LogP contribution in [0, 0.1) is 0 Å². The largest absolute Gasteiger partial charge is 0.400 e. The minimum atomic E-state index is -0.657. The van der Waals surface area contributed by atoms with Crippen molar-refractivity contribution in [3.05, 3.63) is 11.6 Å². The summed E-state index contributed by atoms with van der Waals surface area (Å²) in [5, 5.41) is 1.98. The Bertz CT molecular complexity index is 283. The summed E-state index contributed by atoms with van der Waals surface area (Å²) in [4.78, 5) is 18.9. The zero-order valence-electron chi connectivity index (χ0n) is 6.68. The van der Waals surface area contributed by atoms with Gasteiger partial charge in [-0.3, -0.25) is 4.79 Å². The third-order valence-electron chi connectivity index (χ3n) is 0.934. The number of hydrogen-bond acceptors (Lipinski definition) is 5. The summed E-state index contributed by atoms with van der Waals surface area (Å²) in [7, 11) is 0.779. The van der Waals surface area contributed by atoms with Crippen LogP contribution >= 0.6 is 0 Å². The molecule has 1 unspecified atom stereocenters. The molecular weight excluding hydrogens is 180 g/mol. The van der Waals surface area contributed by atoms with Crippen LogP contribution in [-0.4, -0.2) is 18.3 Å². The molecule has 66 valence electrons. The molecule has 1 aliphatic rings. The van der Waals surface area contributed by atoms with Gasteiger partial charge >= 0.3 is 5.97 Å². The van der Waals surface area contributed by atoms with Crippen molar-refractivity contribution >= 4 is 21.9 Å². The lowest BCUT2D eigenvalue weighted by Crippen LogP contribution is -2.11. The van der Waals surface area contributed by atoms with Crippen LogP contribution in [0.3, 0.4) is 0 Å². The predicted molar refractivity (Wildman–Crippen MR) is 45.1 cm³/mol. The molecule has 0 saturated heterocycles. The van der Waals surface area contributed by atoms with Crippen LogP contribution in [0.5, 0.6) is 0 Å². The maximum Gasteiger partial charge on any atom is 0.309 e. The van der Waals surface area contributed by atoms with Gasteiger partial charge in [0.1, 0.15) is 0 Å². The summed E-state index contributed by atoms with van der Waals surface area (Å²) in [5.74, 6) is -0.402.